The summed E-state index contributed by atoms with van der Waals surface area (Å²) in [4.78, 5) is 27.3. The van der Waals surface area contributed by atoms with Crippen molar-refractivity contribution in [3.8, 4) is 0 Å². The Morgan fingerprint density at radius 1 is 1.35 bits per heavy atom. The number of carbonyl (C=O) groups excluding carboxylic acids is 2. The topological polar surface area (TPSA) is 87.9 Å². The van der Waals surface area contributed by atoms with E-state index < -0.39 is 0 Å². The molecule has 0 bridgehead atoms. The Kier molecular flexibility index (Phi) is 2.94. The standard InChI is InChI=1S/C13H13N5O2/c1-8-6-18-7-9(2-4-11(18)14-8)15-13(20)10-3-5-12(19)17-16-10/h2,4,6-7H,3,5H2,1H3,(H,15,20)(H,17,19). The molecule has 102 valence electrons. The lowest BCUT2D eigenvalue weighted by Gasteiger charge is -2.12. The summed E-state index contributed by atoms with van der Waals surface area (Å²) in [6.07, 6.45) is 4.30. The molecule has 7 nitrogen and oxygen atoms in total. The molecule has 0 aliphatic carbocycles. The molecule has 20 heavy (non-hydrogen) atoms. The molecule has 0 fully saturated rings. The van der Waals surface area contributed by atoms with E-state index in [9.17, 15) is 9.59 Å². The van der Waals surface area contributed by atoms with Crippen LogP contribution in [0.3, 0.4) is 0 Å². The van der Waals surface area contributed by atoms with Gasteiger partial charge in [-0.2, -0.15) is 5.10 Å². The maximum Gasteiger partial charge on any atom is 0.271 e. The van der Waals surface area contributed by atoms with Crippen molar-refractivity contribution in [3.63, 3.8) is 0 Å². The second kappa shape index (κ2) is 4.76. The van der Waals surface area contributed by atoms with Crippen LogP contribution in [-0.2, 0) is 9.59 Å². The van der Waals surface area contributed by atoms with E-state index in [1.54, 1.807) is 12.3 Å². The summed E-state index contributed by atoms with van der Waals surface area (Å²) in [6.45, 7) is 1.91. The number of amides is 2. The van der Waals surface area contributed by atoms with Crippen LogP contribution in [0.2, 0.25) is 0 Å². The number of hydrogen-bond donors (Lipinski definition) is 2. The quantitative estimate of drug-likeness (QED) is 0.848. The van der Waals surface area contributed by atoms with Crippen molar-refractivity contribution in [1.82, 2.24) is 14.8 Å². The minimum atomic E-state index is -0.304. The molecule has 2 amide bonds. The molecule has 7 heteroatoms. The Bertz CT molecular complexity index is 731. The molecule has 3 heterocycles. The average molecular weight is 271 g/mol. The van der Waals surface area contributed by atoms with Crippen molar-refractivity contribution in [2.45, 2.75) is 19.8 Å². The molecule has 3 rings (SSSR count). The van der Waals surface area contributed by atoms with Crippen LogP contribution in [0.1, 0.15) is 18.5 Å². The van der Waals surface area contributed by atoms with Crippen LogP contribution in [-0.4, -0.2) is 26.9 Å². The Balaban J connectivity index is 1.78. The van der Waals surface area contributed by atoms with Gasteiger partial charge in [-0.25, -0.2) is 10.4 Å². The van der Waals surface area contributed by atoms with E-state index in [2.05, 4.69) is 20.8 Å². The van der Waals surface area contributed by atoms with Gasteiger partial charge in [0.25, 0.3) is 5.91 Å². The predicted octanol–water partition coefficient (Wildman–Crippen LogP) is 0.847. The Morgan fingerprint density at radius 2 is 2.20 bits per heavy atom. The average Bonchev–Trinajstić information content (AvgIpc) is 2.78. The van der Waals surface area contributed by atoms with Crippen LogP contribution < -0.4 is 10.7 Å². The number of fused-ring (bicyclic) bond motifs is 1. The van der Waals surface area contributed by atoms with Crippen LogP contribution in [0.4, 0.5) is 5.69 Å². The smallest absolute Gasteiger partial charge is 0.271 e. The van der Waals surface area contributed by atoms with E-state index in [4.69, 9.17) is 0 Å². The fraction of sp³-hybridized carbons (Fsp3) is 0.231. The summed E-state index contributed by atoms with van der Waals surface area (Å²) in [6, 6.07) is 3.61. The summed E-state index contributed by atoms with van der Waals surface area (Å²) in [5.74, 6) is -0.474. The highest BCUT2D eigenvalue weighted by molar-refractivity contribution is 6.43. The second-order valence-corrected chi connectivity index (χ2v) is 4.61. The first-order valence-corrected chi connectivity index (χ1v) is 6.24. The number of anilines is 1. The van der Waals surface area contributed by atoms with Gasteiger partial charge in [0.15, 0.2) is 0 Å². The maximum atomic E-state index is 12.0. The predicted molar refractivity (Wildman–Crippen MR) is 73.4 cm³/mol. The fourth-order valence-electron chi connectivity index (χ4n) is 2.03. The lowest BCUT2D eigenvalue weighted by Crippen LogP contribution is -2.32. The molecular weight excluding hydrogens is 258 g/mol. The summed E-state index contributed by atoms with van der Waals surface area (Å²) in [7, 11) is 0. The van der Waals surface area contributed by atoms with E-state index >= 15 is 0 Å². The zero-order valence-electron chi connectivity index (χ0n) is 10.9. The minimum absolute atomic E-state index is 0.170. The summed E-state index contributed by atoms with van der Waals surface area (Å²) in [5.41, 5.74) is 5.01. The zero-order valence-corrected chi connectivity index (χ0v) is 10.9. The first-order valence-electron chi connectivity index (χ1n) is 6.24. The van der Waals surface area contributed by atoms with Gasteiger partial charge in [0, 0.05) is 25.2 Å². The third-order valence-corrected chi connectivity index (χ3v) is 3.00. The molecule has 1 aliphatic heterocycles. The van der Waals surface area contributed by atoms with E-state index in [0.717, 1.165) is 11.3 Å². The number of imidazole rings is 1. The largest absolute Gasteiger partial charge is 0.320 e. The first kappa shape index (κ1) is 12.3. The lowest BCUT2D eigenvalue weighted by molar-refractivity contribution is -0.121. The van der Waals surface area contributed by atoms with E-state index in [-0.39, 0.29) is 18.2 Å². The Hall–Kier alpha value is -2.70. The molecule has 0 saturated carbocycles. The molecule has 0 radical (unpaired) electrons. The summed E-state index contributed by atoms with van der Waals surface area (Å²) in [5, 5.41) is 6.52. The van der Waals surface area contributed by atoms with Crippen molar-refractivity contribution in [2.75, 3.05) is 5.32 Å². The number of rotatable bonds is 2. The third-order valence-electron chi connectivity index (χ3n) is 3.00. The van der Waals surface area contributed by atoms with Crippen molar-refractivity contribution in [1.29, 1.82) is 0 Å². The second-order valence-electron chi connectivity index (χ2n) is 4.61. The number of hydrazone groups is 1. The molecule has 2 aromatic rings. The van der Waals surface area contributed by atoms with Crippen LogP contribution in [0, 0.1) is 6.92 Å². The van der Waals surface area contributed by atoms with Gasteiger partial charge in [-0.15, -0.1) is 0 Å². The molecule has 0 spiro atoms. The molecule has 0 atom stereocenters. The number of nitrogens with zero attached hydrogens (tertiary/aromatic N) is 3. The summed E-state index contributed by atoms with van der Waals surface area (Å²) >= 11 is 0. The van der Waals surface area contributed by atoms with Gasteiger partial charge in [0.2, 0.25) is 5.91 Å². The van der Waals surface area contributed by atoms with Gasteiger partial charge >= 0.3 is 0 Å². The number of aromatic nitrogens is 2. The van der Waals surface area contributed by atoms with Crippen LogP contribution in [0.5, 0.6) is 0 Å². The van der Waals surface area contributed by atoms with Gasteiger partial charge in [-0.05, 0) is 19.1 Å². The molecule has 2 N–H and O–H groups in total. The van der Waals surface area contributed by atoms with Gasteiger partial charge in [-0.3, -0.25) is 9.59 Å². The van der Waals surface area contributed by atoms with Gasteiger partial charge in [0.05, 0.1) is 11.4 Å². The number of nitrogens with one attached hydrogen (secondary N) is 2. The first-order chi connectivity index (χ1) is 9.61. The van der Waals surface area contributed by atoms with Crippen LogP contribution in [0.15, 0.2) is 29.6 Å². The Morgan fingerprint density at radius 3 is 2.95 bits per heavy atom. The normalized spacial score (nSPS) is 14.8. The molecule has 0 aromatic carbocycles. The van der Waals surface area contributed by atoms with Crippen LogP contribution in [0.25, 0.3) is 5.65 Å². The molecule has 1 aliphatic rings. The lowest BCUT2D eigenvalue weighted by atomic mass is 10.1. The Labute approximate surface area is 114 Å². The molecule has 2 aromatic heterocycles. The molecular formula is C13H13N5O2. The number of aryl methyl sites for hydroxylation is 1. The maximum absolute atomic E-state index is 12.0. The van der Waals surface area contributed by atoms with Crippen LogP contribution >= 0.6 is 0 Å². The van der Waals surface area contributed by atoms with Gasteiger partial charge in [-0.1, -0.05) is 0 Å². The van der Waals surface area contributed by atoms with Crippen molar-refractivity contribution in [3.05, 3.63) is 30.2 Å². The van der Waals surface area contributed by atoms with Crippen molar-refractivity contribution >= 4 is 28.9 Å². The number of hydrogen-bond acceptors (Lipinski definition) is 4. The number of pyridine rings is 1. The molecule has 0 unspecified atom stereocenters. The SMILES string of the molecule is Cc1cn2cc(NC(=O)C3=NNC(=O)CC3)ccc2n1. The van der Waals surface area contributed by atoms with Gasteiger partial charge < -0.3 is 9.72 Å². The molecule has 0 saturated heterocycles. The highest BCUT2D eigenvalue weighted by atomic mass is 16.2. The minimum Gasteiger partial charge on any atom is -0.320 e. The number of carbonyl (C=O) groups is 2. The highest BCUT2D eigenvalue weighted by Crippen LogP contribution is 2.12. The van der Waals surface area contributed by atoms with Crippen molar-refractivity contribution in [2.24, 2.45) is 5.10 Å². The van der Waals surface area contributed by atoms with Crippen molar-refractivity contribution < 1.29 is 9.59 Å². The zero-order chi connectivity index (χ0) is 14.1. The highest BCUT2D eigenvalue weighted by Gasteiger charge is 2.18. The third kappa shape index (κ3) is 2.37. The fourth-order valence-corrected chi connectivity index (χ4v) is 2.03. The summed E-state index contributed by atoms with van der Waals surface area (Å²) < 4.78 is 1.84. The monoisotopic (exact) mass is 271 g/mol. The van der Waals surface area contributed by atoms with E-state index in [1.807, 2.05) is 23.6 Å². The van der Waals surface area contributed by atoms with Gasteiger partial charge in [0.1, 0.15) is 11.4 Å². The van der Waals surface area contributed by atoms with E-state index in [0.29, 0.717) is 17.8 Å². The van der Waals surface area contributed by atoms with E-state index in [1.165, 1.54) is 0 Å².